The molecule has 0 fully saturated rings. The number of rotatable bonds is 9. The standard InChI is InChI=1S/C24H20N6O.C23H18N6O.BBr3/c1-31-21-5-3-18-15-30(16-19(18)14-21)24-27-13-9-22(29-24)23-26-12-8-20(28-23)4-2-17-6-10-25-11-7-17;30-20-4-2-17-14-29(15-18(17)13-20)23-26-12-8-21(28-23)22-25-11-7-19(27-22)3-1-16-5-9-24-10-6-16;2-1(3)4/h2-14H,15-16H2,1H3;1-13,30H,14-15H2;/b4-2+;3-1+;. The molecule has 0 aliphatic carbocycles. The van der Waals surface area contributed by atoms with Crippen molar-refractivity contribution in [1.29, 1.82) is 0 Å². The van der Waals surface area contributed by atoms with E-state index in [4.69, 9.17) is 9.72 Å². The van der Waals surface area contributed by atoms with Crippen molar-refractivity contribution >= 4 is 86.7 Å². The molecule has 0 saturated carbocycles. The largest absolute Gasteiger partial charge is 0.508 e. The normalized spacial score (nSPS) is 12.6. The van der Waals surface area contributed by atoms with Crippen LogP contribution in [0, 0.1) is 0 Å². The molecule has 2 aromatic carbocycles. The fourth-order valence-corrected chi connectivity index (χ4v) is 6.90. The number of halogens is 3. The van der Waals surface area contributed by atoms with Gasteiger partial charge in [-0.1, -0.05) is 24.3 Å². The summed E-state index contributed by atoms with van der Waals surface area (Å²) in [6.07, 6.45) is 21.9. The van der Waals surface area contributed by atoms with Gasteiger partial charge >= 0.3 is 3.18 Å². The molecule has 8 aromatic rings. The molecular formula is C47H38BBr3N12O2. The van der Waals surface area contributed by atoms with Gasteiger partial charge in [0.25, 0.3) is 0 Å². The van der Waals surface area contributed by atoms with Crippen LogP contribution in [0.5, 0.6) is 11.5 Å². The van der Waals surface area contributed by atoms with Gasteiger partial charge < -0.3 is 19.6 Å². The summed E-state index contributed by atoms with van der Waals surface area (Å²) in [4.78, 5) is 48.7. The molecular weight excluding hydrogens is 1020 g/mol. The van der Waals surface area contributed by atoms with Crippen LogP contribution in [0.4, 0.5) is 11.9 Å². The molecule has 8 heterocycles. The van der Waals surface area contributed by atoms with Gasteiger partial charge in [0.15, 0.2) is 11.6 Å². The van der Waals surface area contributed by atoms with Gasteiger partial charge in [-0.05, 0) is 118 Å². The second-order valence-corrected chi connectivity index (χ2v) is 20.8. The monoisotopic (exact) mass is 1050 g/mol. The molecule has 0 atom stereocenters. The summed E-state index contributed by atoms with van der Waals surface area (Å²) in [6, 6.07) is 26.7. The molecule has 1 N–H and O–H groups in total. The van der Waals surface area contributed by atoms with Crippen LogP contribution in [0.3, 0.4) is 0 Å². The molecule has 322 valence electrons. The summed E-state index contributed by atoms with van der Waals surface area (Å²) in [6.45, 7) is 2.86. The van der Waals surface area contributed by atoms with Gasteiger partial charge in [-0.3, -0.25) is 9.97 Å². The van der Waals surface area contributed by atoms with E-state index in [9.17, 15) is 5.11 Å². The van der Waals surface area contributed by atoms with Crippen molar-refractivity contribution in [1.82, 2.24) is 49.8 Å². The van der Waals surface area contributed by atoms with E-state index >= 15 is 0 Å². The zero-order chi connectivity index (χ0) is 45.0. The van der Waals surface area contributed by atoms with Gasteiger partial charge in [0.2, 0.25) is 11.9 Å². The van der Waals surface area contributed by atoms with E-state index < -0.39 is 0 Å². The Morgan fingerprint density at radius 2 is 0.954 bits per heavy atom. The van der Waals surface area contributed by atoms with Crippen molar-refractivity contribution in [2.75, 3.05) is 16.9 Å². The lowest BCUT2D eigenvalue weighted by atomic mass is 10.1. The van der Waals surface area contributed by atoms with Crippen LogP contribution in [-0.2, 0) is 26.2 Å². The maximum Gasteiger partial charge on any atom is 0.369 e. The SMILES string of the molecule is BrB(Br)Br.COc1ccc2c(c1)CN(c1nccc(-c3nccc(/C=C/c4ccncc4)n3)n1)C2.Oc1ccc2c(c1)CN(c1nccc(-c3nccc(/C=C/c4ccncc4)n3)n1)C2. The maximum atomic E-state index is 9.71. The van der Waals surface area contributed by atoms with E-state index in [1.54, 1.807) is 68.8 Å². The number of aromatic nitrogens is 10. The third kappa shape index (κ3) is 12.3. The Morgan fingerprint density at radius 1 is 0.508 bits per heavy atom. The molecule has 0 radical (unpaired) electrons. The van der Waals surface area contributed by atoms with Crippen molar-refractivity contribution in [3.05, 3.63) is 179 Å². The van der Waals surface area contributed by atoms with Gasteiger partial charge in [-0.25, -0.2) is 39.9 Å². The molecule has 10 rings (SSSR count). The number of benzene rings is 2. The fourth-order valence-electron chi connectivity index (χ4n) is 6.90. The van der Waals surface area contributed by atoms with E-state index in [0.29, 0.717) is 48.0 Å². The van der Waals surface area contributed by atoms with Crippen molar-refractivity contribution in [2.24, 2.45) is 0 Å². The number of hydrogen-bond acceptors (Lipinski definition) is 14. The predicted molar refractivity (Wildman–Crippen MR) is 266 cm³/mol. The first-order chi connectivity index (χ1) is 31.8. The van der Waals surface area contributed by atoms with Crippen LogP contribution in [0.1, 0.15) is 44.8 Å². The van der Waals surface area contributed by atoms with E-state index in [2.05, 4.69) is 114 Å². The van der Waals surface area contributed by atoms with Crippen LogP contribution in [0.15, 0.2) is 135 Å². The van der Waals surface area contributed by atoms with Gasteiger partial charge in [0, 0.05) is 75.8 Å². The summed E-state index contributed by atoms with van der Waals surface area (Å²) in [5, 5.41) is 9.71. The Kier molecular flexibility index (Phi) is 15.0. The van der Waals surface area contributed by atoms with Gasteiger partial charge in [0.1, 0.15) is 22.9 Å². The van der Waals surface area contributed by atoms with Gasteiger partial charge in [0.05, 0.1) is 18.5 Å². The summed E-state index contributed by atoms with van der Waals surface area (Å²) >= 11 is 9.31. The second kappa shape index (κ2) is 21.8. The Hall–Kier alpha value is -6.76. The zero-order valence-electron chi connectivity index (χ0n) is 34.8. The highest BCUT2D eigenvalue weighted by Crippen LogP contribution is 2.31. The number of fused-ring (bicyclic) bond motifs is 2. The summed E-state index contributed by atoms with van der Waals surface area (Å²) in [5.74, 6) is 3.53. The Labute approximate surface area is 400 Å². The van der Waals surface area contributed by atoms with Crippen LogP contribution >= 0.6 is 47.3 Å². The highest BCUT2D eigenvalue weighted by molar-refractivity contribution is 9.69. The number of phenolic OH excluding ortho intramolecular Hbond substituents is 1. The topological polar surface area (TPSA) is 165 Å². The molecule has 0 spiro atoms. The number of methoxy groups -OCH3 is 1. The smallest absolute Gasteiger partial charge is 0.369 e. The number of phenols is 1. The predicted octanol–water partition coefficient (Wildman–Crippen LogP) is 9.91. The number of aromatic hydroxyl groups is 1. The van der Waals surface area contributed by atoms with E-state index in [-0.39, 0.29) is 8.93 Å². The molecule has 6 aromatic heterocycles. The second-order valence-electron chi connectivity index (χ2n) is 14.4. The molecule has 2 aliphatic heterocycles. The van der Waals surface area contributed by atoms with E-state index in [1.165, 1.54) is 16.7 Å². The van der Waals surface area contributed by atoms with E-state index in [0.717, 1.165) is 46.9 Å². The minimum Gasteiger partial charge on any atom is -0.508 e. The van der Waals surface area contributed by atoms with Crippen LogP contribution in [0.2, 0.25) is 0 Å². The van der Waals surface area contributed by atoms with Crippen LogP contribution < -0.4 is 14.5 Å². The molecule has 2 aliphatic rings. The number of ether oxygens (including phenoxy) is 1. The molecule has 0 saturated heterocycles. The maximum absolute atomic E-state index is 9.71. The van der Waals surface area contributed by atoms with Gasteiger partial charge in [-0.2, -0.15) is 0 Å². The summed E-state index contributed by atoms with van der Waals surface area (Å²) < 4.78 is 5.61. The highest BCUT2D eigenvalue weighted by atomic mass is 79.9. The lowest BCUT2D eigenvalue weighted by molar-refractivity contribution is 0.414. The Balaban J connectivity index is 0.000000164. The first kappa shape index (κ1) is 44.8. The molecule has 65 heavy (non-hydrogen) atoms. The lowest BCUT2D eigenvalue weighted by Gasteiger charge is -2.15. The number of pyridine rings is 2. The lowest BCUT2D eigenvalue weighted by Crippen LogP contribution is -2.17. The van der Waals surface area contributed by atoms with Crippen molar-refractivity contribution in [3.8, 4) is 34.5 Å². The first-order valence-corrected chi connectivity index (χ1v) is 22.9. The van der Waals surface area contributed by atoms with Crippen LogP contribution in [-0.4, -0.2) is 65.2 Å². The Bertz CT molecular complexity index is 2930. The minimum atomic E-state index is 0.271. The average molecular weight is 1050 g/mol. The van der Waals surface area contributed by atoms with Gasteiger partial charge in [-0.15, -0.1) is 47.3 Å². The van der Waals surface area contributed by atoms with Crippen molar-refractivity contribution < 1.29 is 9.84 Å². The molecule has 0 unspecified atom stereocenters. The Morgan fingerprint density at radius 3 is 1.45 bits per heavy atom. The van der Waals surface area contributed by atoms with Crippen molar-refractivity contribution in [2.45, 2.75) is 26.2 Å². The van der Waals surface area contributed by atoms with Crippen molar-refractivity contribution in [3.63, 3.8) is 0 Å². The minimum absolute atomic E-state index is 0.271. The first-order valence-electron chi connectivity index (χ1n) is 20.1. The molecule has 14 nitrogen and oxygen atoms in total. The van der Waals surface area contributed by atoms with Crippen LogP contribution in [0.25, 0.3) is 47.3 Å². The fraction of sp³-hybridized carbons (Fsp3) is 0.106. The summed E-state index contributed by atoms with van der Waals surface area (Å²) in [5.41, 5.74) is 9.81. The summed E-state index contributed by atoms with van der Waals surface area (Å²) in [7, 11) is 1.68. The molecule has 0 bridgehead atoms. The average Bonchev–Trinajstić information content (AvgIpc) is 3.98. The number of anilines is 2. The molecule has 18 heteroatoms. The number of hydrogen-bond donors (Lipinski definition) is 1. The highest BCUT2D eigenvalue weighted by Gasteiger charge is 2.23. The van der Waals surface area contributed by atoms with E-state index in [1.807, 2.05) is 85.0 Å². The third-order valence-electron chi connectivity index (χ3n) is 10.0. The third-order valence-corrected chi connectivity index (χ3v) is 10.0. The quantitative estimate of drug-likeness (QED) is 0.136. The number of nitrogens with zero attached hydrogens (tertiary/aromatic N) is 12. The molecule has 0 amide bonds. The zero-order valence-corrected chi connectivity index (χ0v) is 39.5.